The summed E-state index contributed by atoms with van der Waals surface area (Å²) in [6, 6.07) is 17.2. The van der Waals surface area contributed by atoms with Gasteiger partial charge in [0.1, 0.15) is 5.69 Å². The zero-order valence-electron chi connectivity index (χ0n) is 12.3. The highest BCUT2D eigenvalue weighted by Crippen LogP contribution is 2.29. The standard InChI is InChI=1S/C18H14ClN3O/c19-14-7-5-12(6-8-14)15-11-16(21-20-15)18(23)22-10-9-13-3-1-2-4-17(13)22/h1-8,11H,9-10H2,(H,20,21). The Morgan fingerprint density at radius 3 is 2.74 bits per heavy atom. The molecule has 4 rings (SSSR count). The lowest BCUT2D eigenvalue weighted by Crippen LogP contribution is -2.29. The second-order valence-corrected chi connectivity index (χ2v) is 5.95. The number of carbonyl (C=O) groups excluding carboxylic acids is 1. The van der Waals surface area contributed by atoms with Gasteiger partial charge < -0.3 is 4.90 Å². The molecule has 0 spiro atoms. The summed E-state index contributed by atoms with van der Waals surface area (Å²) in [4.78, 5) is 14.5. The summed E-state index contributed by atoms with van der Waals surface area (Å²) in [7, 11) is 0. The van der Waals surface area contributed by atoms with E-state index in [9.17, 15) is 4.79 Å². The summed E-state index contributed by atoms with van der Waals surface area (Å²) in [5.41, 5.74) is 4.34. The lowest BCUT2D eigenvalue weighted by atomic mass is 10.1. The zero-order chi connectivity index (χ0) is 15.8. The quantitative estimate of drug-likeness (QED) is 0.776. The second-order valence-electron chi connectivity index (χ2n) is 5.51. The molecule has 0 radical (unpaired) electrons. The van der Waals surface area contributed by atoms with Crippen molar-refractivity contribution in [3.8, 4) is 11.3 Å². The first-order valence-corrected chi connectivity index (χ1v) is 7.81. The first-order valence-electron chi connectivity index (χ1n) is 7.43. The highest BCUT2D eigenvalue weighted by molar-refractivity contribution is 6.30. The number of H-pyrrole nitrogens is 1. The van der Waals surface area contributed by atoms with E-state index < -0.39 is 0 Å². The Morgan fingerprint density at radius 2 is 1.91 bits per heavy atom. The Hall–Kier alpha value is -2.59. The molecule has 0 atom stereocenters. The average molecular weight is 324 g/mol. The maximum Gasteiger partial charge on any atom is 0.276 e. The van der Waals surface area contributed by atoms with E-state index in [1.165, 1.54) is 5.56 Å². The van der Waals surface area contributed by atoms with Crippen molar-refractivity contribution in [1.82, 2.24) is 10.2 Å². The monoisotopic (exact) mass is 323 g/mol. The fourth-order valence-corrected chi connectivity index (χ4v) is 3.02. The molecule has 5 heteroatoms. The number of hydrogen-bond donors (Lipinski definition) is 1. The topological polar surface area (TPSA) is 49.0 Å². The number of nitrogens with one attached hydrogen (secondary N) is 1. The van der Waals surface area contributed by atoms with Gasteiger partial charge in [0.05, 0.1) is 5.69 Å². The van der Waals surface area contributed by atoms with Gasteiger partial charge in [-0.15, -0.1) is 0 Å². The van der Waals surface area contributed by atoms with Gasteiger partial charge in [0.15, 0.2) is 0 Å². The molecule has 1 amide bonds. The molecule has 0 saturated heterocycles. The van der Waals surface area contributed by atoms with Crippen LogP contribution in [-0.2, 0) is 6.42 Å². The molecule has 2 heterocycles. The number of rotatable bonds is 2. The molecule has 2 aromatic carbocycles. The van der Waals surface area contributed by atoms with E-state index in [0.29, 0.717) is 17.3 Å². The van der Waals surface area contributed by atoms with Gasteiger partial charge in [-0.3, -0.25) is 9.89 Å². The van der Waals surface area contributed by atoms with E-state index in [1.807, 2.05) is 42.5 Å². The number of anilines is 1. The van der Waals surface area contributed by atoms with Gasteiger partial charge in [-0.1, -0.05) is 41.9 Å². The van der Waals surface area contributed by atoms with Gasteiger partial charge in [0.25, 0.3) is 5.91 Å². The number of halogens is 1. The molecule has 0 unspecified atom stereocenters. The summed E-state index contributed by atoms with van der Waals surface area (Å²) in [6.45, 7) is 0.702. The van der Waals surface area contributed by atoms with Crippen LogP contribution in [0.4, 0.5) is 5.69 Å². The summed E-state index contributed by atoms with van der Waals surface area (Å²) < 4.78 is 0. The lowest BCUT2D eigenvalue weighted by Gasteiger charge is -2.15. The summed E-state index contributed by atoms with van der Waals surface area (Å²) in [5.74, 6) is -0.0531. The number of amides is 1. The molecule has 23 heavy (non-hydrogen) atoms. The zero-order valence-corrected chi connectivity index (χ0v) is 13.0. The van der Waals surface area contributed by atoms with Crippen molar-refractivity contribution in [3.05, 3.63) is 70.9 Å². The minimum absolute atomic E-state index is 0.0531. The molecule has 0 aliphatic carbocycles. The van der Waals surface area contributed by atoms with E-state index in [-0.39, 0.29) is 5.91 Å². The van der Waals surface area contributed by atoms with E-state index in [0.717, 1.165) is 23.4 Å². The normalized spacial score (nSPS) is 13.2. The van der Waals surface area contributed by atoms with Crippen LogP contribution in [0.2, 0.25) is 5.02 Å². The van der Waals surface area contributed by atoms with Crippen LogP contribution in [0.3, 0.4) is 0 Å². The molecule has 1 aliphatic rings. The molecule has 0 saturated carbocycles. The van der Waals surface area contributed by atoms with E-state index in [4.69, 9.17) is 11.6 Å². The van der Waals surface area contributed by atoms with E-state index in [2.05, 4.69) is 16.3 Å². The first kappa shape index (κ1) is 14.0. The van der Waals surface area contributed by atoms with Crippen LogP contribution in [0.15, 0.2) is 54.6 Å². The van der Waals surface area contributed by atoms with Gasteiger partial charge in [0, 0.05) is 22.8 Å². The van der Waals surface area contributed by atoms with E-state index in [1.54, 1.807) is 11.0 Å². The van der Waals surface area contributed by atoms with Crippen LogP contribution in [0.1, 0.15) is 16.1 Å². The van der Waals surface area contributed by atoms with Crippen molar-refractivity contribution in [3.63, 3.8) is 0 Å². The molecule has 0 fully saturated rings. The molecule has 1 N–H and O–H groups in total. The Bertz CT molecular complexity index is 870. The Kier molecular flexibility index (Phi) is 3.39. The maximum absolute atomic E-state index is 12.7. The largest absolute Gasteiger partial charge is 0.306 e. The van der Waals surface area contributed by atoms with Crippen molar-refractivity contribution in [2.45, 2.75) is 6.42 Å². The van der Waals surface area contributed by atoms with Crippen molar-refractivity contribution >= 4 is 23.2 Å². The maximum atomic E-state index is 12.7. The van der Waals surface area contributed by atoms with Crippen molar-refractivity contribution in [2.24, 2.45) is 0 Å². The Labute approximate surface area is 138 Å². The highest BCUT2D eigenvalue weighted by atomic mass is 35.5. The number of hydrogen-bond acceptors (Lipinski definition) is 2. The van der Waals surface area contributed by atoms with Crippen LogP contribution in [-0.4, -0.2) is 22.6 Å². The number of aromatic nitrogens is 2. The predicted molar refractivity (Wildman–Crippen MR) is 90.9 cm³/mol. The number of para-hydroxylation sites is 1. The average Bonchev–Trinajstić information content (AvgIpc) is 3.22. The summed E-state index contributed by atoms with van der Waals surface area (Å²) in [5, 5.41) is 7.78. The smallest absolute Gasteiger partial charge is 0.276 e. The van der Waals surface area contributed by atoms with Crippen molar-refractivity contribution in [2.75, 3.05) is 11.4 Å². The number of benzene rings is 2. The molecule has 0 bridgehead atoms. The summed E-state index contributed by atoms with van der Waals surface area (Å²) >= 11 is 5.90. The van der Waals surface area contributed by atoms with Gasteiger partial charge in [0.2, 0.25) is 0 Å². The third-order valence-corrected chi connectivity index (χ3v) is 4.33. The summed E-state index contributed by atoms with van der Waals surface area (Å²) in [6.07, 6.45) is 0.889. The molecular weight excluding hydrogens is 310 g/mol. The van der Waals surface area contributed by atoms with Gasteiger partial charge in [-0.25, -0.2) is 0 Å². The third kappa shape index (κ3) is 2.51. The SMILES string of the molecule is O=C(c1cc(-c2ccc(Cl)cc2)n[nH]1)N1CCc2ccccc21. The molecule has 3 aromatic rings. The number of aromatic amines is 1. The van der Waals surface area contributed by atoms with Crippen LogP contribution in [0, 0.1) is 0 Å². The molecule has 1 aliphatic heterocycles. The minimum Gasteiger partial charge on any atom is -0.306 e. The van der Waals surface area contributed by atoms with Crippen LogP contribution < -0.4 is 4.90 Å². The molecule has 4 nitrogen and oxygen atoms in total. The minimum atomic E-state index is -0.0531. The molecular formula is C18H14ClN3O. The third-order valence-electron chi connectivity index (χ3n) is 4.08. The molecule has 114 valence electrons. The van der Waals surface area contributed by atoms with E-state index >= 15 is 0 Å². The Morgan fingerprint density at radius 1 is 1.13 bits per heavy atom. The second kappa shape index (κ2) is 5.56. The predicted octanol–water partition coefficient (Wildman–Crippen LogP) is 3.93. The van der Waals surface area contributed by atoms with Crippen molar-refractivity contribution in [1.29, 1.82) is 0 Å². The van der Waals surface area contributed by atoms with Gasteiger partial charge >= 0.3 is 0 Å². The van der Waals surface area contributed by atoms with Gasteiger partial charge in [-0.2, -0.15) is 5.10 Å². The fraction of sp³-hybridized carbons (Fsp3) is 0.111. The Balaban J connectivity index is 1.62. The lowest BCUT2D eigenvalue weighted by molar-refractivity contribution is 0.0984. The van der Waals surface area contributed by atoms with Crippen molar-refractivity contribution < 1.29 is 4.79 Å². The number of fused-ring (bicyclic) bond motifs is 1. The van der Waals surface area contributed by atoms with Crippen LogP contribution in [0.5, 0.6) is 0 Å². The highest BCUT2D eigenvalue weighted by Gasteiger charge is 2.26. The van der Waals surface area contributed by atoms with Crippen LogP contribution >= 0.6 is 11.6 Å². The fourth-order valence-electron chi connectivity index (χ4n) is 2.89. The van der Waals surface area contributed by atoms with Gasteiger partial charge in [-0.05, 0) is 36.2 Å². The first-order chi connectivity index (χ1) is 11.2. The number of carbonyl (C=O) groups is 1. The van der Waals surface area contributed by atoms with Crippen LogP contribution in [0.25, 0.3) is 11.3 Å². The number of nitrogens with zero attached hydrogens (tertiary/aromatic N) is 2. The molecule has 1 aromatic heterocycles.